The molecule has 1 N–H and O–H groups in total. The van der Waals surface area contributed by atoms with Gasteiger partial charge in [-0.2, -0.15) is 0 Å². The molecule has 0 heterocycles. The number of halogens is 1. The van der Waals surface area contributed by atoms with Gasteiger partial charge in [-0.05, 0) is 52.4 Å². The number of hydrogen-bond donors (Lipinski definition) is 1. The summed E-state index contributed by atoms with van der Waals surface area (Å²) in [7, 11) is 1.63. The zero-order chi connectivity index (χ0) is 11.7. The zero-order valence-corrected chi connectivity index (χ0v) is 10.5. The maximum absolute atomic E-state index is 10.7. The number of carboxylic acid groups (broad SMARTS) is 1. The lowest BCUT2D eigenvalue weighted by atomic mass is 10.1. The highest BCUT2D eigenvalue weighted by Gasteiger charge is 2.42. The number of ether oxygens (including phenoxy) is 1. The molecule has 0 bridgehead atoms. The average molecular weight is 285 g/mol. The topological polar surface area (TPSA) is 46.5 Å². The fraction of sp³-hybridized carbons (Fsp3) is 0.417. The van der Waals surface area contributed by atoms with Crippen LogP contribution in [0, 0.1) is 11.8 Å². The van der Waals surface area contributed by atoms with Crippen LogP contribution in [0.1, 0.15) is 12.0 Å². The van der Waals surface area contributed by atoms with Crippen molar-refractivity contribution < 1.29 is 14.6 Å². The Morgan fingerprint density at radius 3 is 2.88 bits per heavy atom. The third kappa shape index (κ3) is 2.38. The van der Waals surface area contributed by atoms with Crippen LogP contribution in [0.25, 0.3) is 0 Å². The number of carbonyl (C=O) groups is 1. The van der Waals surface area contributed by atoms with E-state index in [-0.39, 0.29) is 5.92 Å². The van der Waals surface area contributed by atoms with Gasteiger partial charge >= 0.3 is 5.97 Å². The molecule has 4 heteroatoms. The van der Waals surface area contributed by atoms with Crippen LogP contribution < -0.4 is 4.74 Å². The van der Waals surface area contributed by atoms with Crippen LogP contribution in [0.5, 0.6) is 5.75 Å². The first-order valence-electron chi connectivity index (χ1n) is 5.17. The van der Waals surface area contributed by atoms with Crippen molar-refractivity contribution in [3.63, 3.8) is 0 Å². The van der Waals surface area contributed by atoms with E-state index in [2.05, 4.69) is 15.9 Å². The predicted octanol–water partition coefficient (Wildman–Crippen LogP) is 2.72. The number of aliphatic carboxylic acids is 1. The number of hydrogen-bond acceptors (Lipinski definition) is 2. The first-order valence-corrected chi connectivity index (χ1v) is 5.96. The summed E-state index contributed by atoms with van der Waals surface area (Å²) in [6.45, 7) is 0. The standard InChI is InChI=1S/C12H13BrO3/c1-16-11-3-2-7(5-10(11)13)4-8-6-9(8)12(14)15/h2-3,5,8-9H,4,6H2,1H3,(H,14,15). The van der Waals surface area contributed by atoms with E-state index in [9.17, 15) is 4.79 Å². The van der Waals surface area contributed by atoms with E-state index in [1.54, 1.807) is 7.11 Å². The second-order valence-corrected chi connectivity index (χ2v) is 4.97. The molecular weight excluding hydrogens is 272 g/mol. The van der Waals surface area contributed by atoms with Gasteiger partial charge in [-0.3, -0.25) is 4.79 Å². The lowest BCUT2D eigenvalue weighted by molar-refractivity contribution is -0.138. The van der Waals surface area contributed by atoms with Gasteiger partial charge in [-0.15, -0.1) is 0 Å². The lowest BCUT2D eigenvalue weighted by Crippen LogP contribution is -2.01. The van der Waals surface area contributed by atoms with E-state index in [1.807, 2.05) is 18.2 Å². The summed E-state index contributed by atoms with van der Waals surface area (Å²) in [5.41, 5.74) is 1.15. The van der Waals surface area contributed by atoms with E-state index in [1.165, 1.54) is 0 Å². The minimum Gasteiger partial charge on any atom is -0.496 e. The van der Waals surface area contributed by atoms with Crippen LogP contribution in [-0.2, 0) is 11.2 Å². The maximum Gasteiger partial charge on any atom is 0.306 e. The van der Waals surface area contributed by atoms with E-state index < -0.39 is 5.97 Å². The Morgan fingerprint density at radius 1 is 1.62 bits per heavy atom. The predicted molar refractivity (Wildman–Crippen MR) is 63.6 cm³/mol. The highest BCUT2D eigenvalue weighted by Crippen LogP contribution is 2.41. The van der Waals surface area contributed by atoms with Crippen molar-refractivity contribution in [2.24, 2.45) is 11.8 Å². The molecule has 1 saturated carbocycles. The van der Waals surface area contributed by atoms with E-state index >= 15 is 0 Å². The molecule has 2 rings (SSSR count). The summed E-state index contributed by atoms with van der Waals surface area (Å²) in [5, 5.41) is 8.81. The maximum atomic E-state index is 10.7. The Hall–Kier alpha value is -1.03. The van der Waals surface area contributed by atoms with Crippen molar-refractivity contribution in [2.75, 3.05) is 7.11 Å². The van der Waals surface area contributed by atoms with Crippen molar-refractivity contribution >= 4 is 21.9 Å². The molecule has 86 valence electrons. The molecule has 1 fully saturated rings. The van der Waals surface area contributed by atoms with Crippen LogP contribution in [0.4, 0.5) is 0 Å². The van der Waals surface area contributed by atoms with Crippen LogP contribution in [0.3, 0.4) is 0 Å². The third-order valence-electron chi connectivity index (χ3n) is 2.95. The number of benzene rings is 1. The summed E-state index contributed by atoms with van der Waals surface area (Å²) in [4.78, 5) is 10.7. The normalized spacial score (nSPS) is 22.9. The Kier molecular flexibility index (Phi) is 3.19. The van der Waals surface area contributed by atoms with Crippen molar-refractivity contribution in [3.05, 3.63) is 28.2 Å². The fourth-order valence-corrected chi connectivity index (χ4v) is 2.50. The molecule has 0 amide bonds. The van der Waals surface area contributed by atoms with E-state index in [4.69, 9.17) is 9.84 Å². The molecule has 1 aromatic carbocycles. The quantitative estimate of drug-likeness (QED) is 0.925. The lowest BCUT2D eigenvalue weighted by Gasteiger charge is -2.05. The highest BCUT2D eigenvalue weighted by molar-refractivity contribution is 9.10. The van der Waals surface area contributed by atoms with Crippen molar-refractivity contribution in [1.82, 2.24) is 0 Å². The Labute approximate surface area is 103 Å². The number of carboxylic acids is 1. The largest absolute Gasteiger partial charge is 0.496 e. The summed E-state index contributed by atoms with van der Waals surface area (Å²) in [6, 6.07) is 5.88. The molecule has 0 aliphatic heterocycles. The van der Waals surface area contributed by atoms with Crippen LogP contribution in [-0.4, -0.2) is 18.2 Å². The molecule has 0 saturated heterocycles. The number of rotatable bonds is 4. The minimum absolute atomic E-state index is 0.138. The van der Waals surface area contributed by atoms with Gasteiger partial charge in [-0.1, -0.05) is 6.07 Å². The molecular formula is C12H13BrO3. The molecule has 1 aliphatic rings. The van der Waals surface area contributed by atoms with Gasteiger partial charge in [0.25, 0.3) is 0 Å². The third-order valence-corrected chi connectivity index (χ3v) is 3.57. The van der Waals surface area contributed by atoms with Crippen LogP contribution in [0.15, 0.2) is 22.7 Å². The van der Waals surface area contributed by atoms with Gasteiger partial charge in [0, 0.05) is 0 Å². The van der Waals surface area contributed by atoms with Crippen molar-refractivity contribution in [1.29, 1.82) is 0 Å². The fourth-order valence-electron chi connectivity index (χ4n) is 1.92. The summed E-state index contributed by atoms with van der Waals surface area (Å²) < 4.78 is 6.06. The first-order chi connectivity index (χ1) is 7.61. The summed E-state index contributed by atoms with van der Waals surface area (Å²) in [5.74, 6) is 0.297. The van der Waals surface area contributed by atoms with Gasteiger partial charge in [0.05, 0.1) is 17.5 Å². The van der Waals surface area contributed by atoms with Gasteiger partial charge < -0.3 is 9.84 Å². The van der Waals surface area contributed by atoms with E-state index in [0.717, 1.165) is 28.6 Å². The molecule has 0 aromatic heterocycles. The summed E-state index contributed by atoms with van der Waals surface area (Å²) in [6.07, 6.45) is 1.64. The molecule has 2 atom stereocenters. The second-order valence-electron chi connectivity index (χ2n) is 4.11. The van der Waals surface area contributed by atoms with Crippen molar-refractivity contribution in [2.45, 2.75) is 12.8 Å². The molecule has 3 nitrogen and oxygen atoms in total. The molecule has 1 aliphatic carbocycles. The monoisotopic (exact) mass is 284 g/mol. The zero-order valence-electron chi connectivity index (χ0n) is 8.94. The Bertz CT molecular complexity index is 417. The molecule has 2 unspecified atom stereocenters. The minimum atomic E-state index is -0.669. The van der Waals surface area contributed by atoms with Gasteiger partial charge in [0.2, 0.25) is 0 Å². The molecule has 1 aromatic rings. The highest BCUT2D eigenvalue weighted by atomic mass is 79.9. The number of methoxy groups -OCH3 is 1. The van der Waals surface area contributed by atoms with Crippen molar-refractivity contribution in [3.8, 4) is 5.75 Å². The molecule has 16 heavy (non-hydrogen) atoms. The van der Waals surface area contributed by atoms with Gasteiger partial charge in [0.1, 0.15) is 5.75 Å². The SMILES string of the molecule is COc1ccc(CC2CC2C(=O)O)cc1Br. The smallest absolute Gasteiger partial charge is 0.306 e. The van der Waals surface area contributed by atoms with Gasteiger partial charge in [-0.25, -0.2) is 0 Å². The average Bonchev–Trinajstić information content (AvgIpc) is 2.97. The Morgan fingerprint density at radius 2 is 2.38 bits per heavy atom. The van der Waals surface area contributed by atoms with Crippen LogP contribution >= 0.6 is 15.9 Å². The summed E-state index contributed by atoms with van der Waals surface area (Å²) >= 11 is 3.42. The molecule has 0 spiro atoms. The van der Waals surface area contributed by atoms with Crippen LogP contribution in [0.2, 0.25) is 0 Å². The Balaban J connectivity index is 2.01. The molecule has 0 radical (unpaired) electrons. The second kappa shape index (κ2) is 4.45. The first kappa shape index (κ1) is 11.5. The van der Waals surface area contributed by atoms with E-state index in [0.29, 0.717) is 5.92 Å². The van der Waals surface area contributed by atoms with Gasteiger partial charge in [0.15, 0.2) is 0 Å².